The van der Waals surface area contributed by atoms with Crippen molar-refractivity contribution in [1.29, 1.82) is 0 Å². The van der Waals surface area contributed by atoms with E-state index in [-0.39, 0.29) is 29.4 Å². The number of piperidine rings is 1. The molecule has 106 valence electrons. The molecule has 2 unspecified atom stereocenters. The molecule has 0 aromatic heterocycles. The highest BCUT2D eigenvalue weighted by Gasteiger charge is 2.51. The minimum Gasteiger partial charge on any atom is -0.329 e. The zero-order valence-electron chi connectivity index (χ0n) is 12.0. The number of fused-ring (bicyclic) bond motifs is 1. The molecule has 2 saturated heterocycles. The fourth-order valence-electron chi connectivity index (χ4n) is 4.27. The van der Waals surface area contributed by atoms with E-state index < -0.39 is 0 Å². The number of hydrogen-bond acceptors (Lipinski definition) is 2. The highest BCUT2D eigenvalue weighted by Crippen LogP contribution is 2.39. The summed E-state index contributed by atoms with van der Waals surface area (Å²) in [6.07, 6.45) is 7.40. The lowest BCUT2D eigenvalue weighted by Crippen LogP contribution is -2.69. The molecule has 3 aliphatic rings. The average molecular weight is 264 g/mol. The third-order valence-electron chi connectivity index (χ3n) is 5.32. The normalized spacial score (nSPS) is 34.6. The third kappa shape index (κ3) is 1.87. The Labute approximate surface area is 115 Å². The van der Waals surface area contributed by atoms with Gasteiger partial charge in [-0.2, -0.15) is 0 Å². The lowest BCUT2D eigenvalue weighted by molar-refractivity contribution is -0.169. The maximum atomic E-state index is 12.8. The molecule has 19 heavy (non-hydrogen) atoms. The summed E-state index contributed by atoms with van der Waals surface area (Å²) in [7, 11) is 0. The highest BCUT2D eigenvalue weighted by atomic mass is 16.2. The first-order chi connectivity index (χ1) is 9.04. The molecule has 4 heteroatoms. The van der Waals surface area contributed by atoms with Crippen LogP contribution >= 0.6 is 0 Å². The molecule has 1 saturated carbocycles. The van der Waals surface area contributed by atoms with E-state index in [1.807, 2.05) is 16.7 Å². The molecule has 3 fully saturated rings. The van der Waals surface area contributed by atoms with Crippen LogP contribution in [0.1, 0.15) is 58.8 Å². The topological polar surface area (TPSA) is 40.6 Å². The lowest BCUT2D eigenvalue weighted by atomic mass is 9.89. The Morgan fingerprint density at radius 1 is 1.05 bits per heavy atom. The Morgan fingerprint density at radius 3 is 2.42 bits per heavy atom. The van der Waals surface area contributed by atoms with Crippen LogP contribution in [-0.2, 0) is 9.59 Å². The van der Waals surface area contributed by atoms with Crippen molar-refractivity contribution in [1.82, 2.24) is 9.80 Å². The molecule has 4 nitrogen and oxygen atoms in total. The van der Waals surface area contributed by atoms with Gasteiger partial charge in [0.2, 0.25) is 11.8 Å². The molecule has 2 atom stereocenters. The standard InChI is InChI=1S/C15H24N2O2/c1-11-13(18)16-10-6-3-7-12(16)14(19)17(11)15(2)8-4-5-9-15/h11-12H,3-10H2,1-2H3. The van der Waals surface area contributed by atoms with Gasteiger partial charge in [0.1, 0.15) is 12.1 Å². The lowest BCUT2D eigenvalue weighted by Gasteiger charge is -2.51. The number of nitrogens with zero attached hydrogens (tertiary/aromatic N) is 2. The Hall–Kier alpha value is -1.06. The smallest absolute Gasteiger partial charge is 0.246 e. The van der Waals surface area contributed by atoms with E-state index >= 15 is 0 Å². The van der Waals surface area contributed by atoms with Crippen LogP contribution in [-0.4, -0.2) is 45.8 Å². The second-order valence-electron chi connectivity index (χ2n) is 6.63. The van der Waals surface area contributed by atoms with Gasteiger partial charge < -0.3 is 9.80 Å². The van der Waals surface area contributed by atoms with Crippen LogP contribution in [0.5, 0.6) is 0 Å². The van der Waals surface area contributed by atoms with Crippen LogP contribution in [0.15, 0.2) is 0 Å². The molecule has 0 bridgehead atoms. The molecule has 0 radical (unpaired) electrons. The first-order valence-electron chi connectivity index (χ1n) is 7.68. The number of carbonyl (C=O) groups excluding carboxylic acids is 2. The maximum Gasteiger partial charge on any atom is 0.246 e. The summed E-state index contributed by atoms with van der Waals surface area (Å²) in [6.45, 7) is 4.85. The van der Waals surface area contributed by atoms with Crippen molar-refractivity contribution in [3.63, 3.8) is 0 Å². The third-order valence-corrected chi connectivity index (χ3v) is 5.32. The van der Waals surface area contributed by atoms with Crippen molar-refractivity contribution in [2.24, 2.45) is 0 Å². The van der Waals surface area contributed by atoms with Crippen molar-refractivity contribution in [3.05, 3.63) is 0 Å². The van der Waals surface area contributed by atoms with E-state index in [4.69, 9.17) is 0 Å². The molecule has 0 aromatic rings. The summed E-state index contributed by atoms with van der Waals surface area (Å²) in [4.78, 5) is 29.2. The predicted molar refractivity (Wildman–Crippen MR) is 72.5 cm³/mol. The maximum absolute atomic E-state index is 12.8. The largest absolute Gasteiger partial charge is 0.329 e. The molecular formula is C15H24N2O2. The Bertz CT molecular complexity index is 401. The molecular weight excluding hydrogens is 240 g/mol. The Kier molecular flexibility index (Phi) is 3.06. The van der Waals surface area contributed by atoms with Gasteiger partial charge in [-0.05, 0) is 46.0 Å². The summed E-state index contributed by atoms with van der Waals surface area (Å²) in [5, 5.41) is 0. The SMILES string of the molecule is CC1C(=O)N2CCCCC2C(=O)N1C1(C)CCCC1. The van der Waals surface area contributed by atoms with Gasteiger partial charge in [-0.25, -0.2) is 0 Å². The van der Waals surface area contributed by atoms with E-state index in [0.717, 1.165) is 38.6 Å². The van der Waals surface area contributed by atoms with Gasteiger partial charge in [-0.1, -0.05) is 12.8 Å². The van der Waals surface area contributed by atoms with E-state index in [1.54, 1.807) is 0 Å². The summed E-state index contributed by atoms with van der Waals surface area (Å²) in [5.74, 6) is 0.369. The fourth-order valence-corrected chi connectivity index (χ4v) is 4.27. The quantitative estimate of drug-likeness (QED) is 0.726. The molecule has 0 spiro atoms. The van der Waals surface area contributed by atoms with Gasteiger partial charge in [0, 0.05) is 12.1 Å². The van der Waals surface area contributed by atoms with Crippen LogP contribution in [0, 0.1) is 0 Å². The van der Waals surface area contributed by atoms with E-state index in [9.17, 15) is 9.59 Å². The minimum absolute atomic E-state index is 0.0876. The Balaban J connectivity index is 1.92. The number of hydrogen-bond donors (Lipinski definition) is 0. The number of piperazine rings is 1. The van der Waals surface area contributed by atoms with Gasteiger partial charge in [0.15, 0.2) is 0 Å². The van der Waals surface area contributed by atoms with Crippen LogP contribution < -0.4 is 0 Å². The van der Waals surface area contributed by atoms with Gasteiger partial charge in [-0.15, -0.1) is 0 Å². The molecule has 0 N–H and O–H groups in total. The van der Waals surface area contributed by atoms with Gasteiger partial charge >= 0.3 is 0 Å². The van der Waals surface area contributed by atoms with Crippen molar-refractivity contribution in [2.75, 3.05) is 6.54 Å². The minimum atomic E-state index is -0.273. The molecule has 2 aliphatic heterocycles. The molecule has 0 aromatic carbocycles. The number of amides is 2. The van der Waals surface area contributed by atoms with E-state index in [2.05, 4.69) is 6.92 Å². The average Bonchev–Trinajstić information content (AvgIpc) is 2.84. The highest BCUT2D eigenvalue weighted by molar-refractivity contribution is 5.97. The van der Waals surface area contributed by atoms with Crippen molar-refractivity contribution >= 4 is 11.8 Å². The number of rotatable bonds is 1. The van der Waals surface area contributed by atoms with Crippen LogP contribution in [0.3, 0.4) is 0 Å². The van der Waals surface area contributed by atoms with Gasteiger partial charge in [0.25, 0.3) is 0 Å². The fraction of sp³-hybridized carbons (Fsp3) is 0.867. The molecule has 2 amide bonds. The molecule has 3 rings (SSSR count). The second kappa shape index (κ2) is 4.50. The van der Waals surface area contributed by atoms with E-state index in [1.165, 1.54) is 12.8 Å². The molecule has 1 aliphatic carbocycles. The van der Waals surface area contributed by atoms with Crippen molar-refractivity contribution in [2.45, 2.75) is 76.4 Å². The Morgan fingerprint density at radius 2 is 1.74 bits per heavy atom. The van der Waals surface area contributed by atoms with E-state index in [0.29, 0.717) is 0 Å². The van der Waals surface area contributed by atoms with Gasteiger partial charge in [0.05, 0.1) is 0 Å². The summed E-state index contributed by atoms with van der Waals surface area (Å²) in [6, 6.07) is -0.445. The van der Waals surface area contributed by atoms with Gasteiger partial charge in [-0.3, -0.25) is 9.59 Å². The zero-order chi connectivity index (χ0) is 13.6. The van der Waals surface area contributed by atoms with Crippen molar-refractivity contribution < 1.29 is 9.59 Å². The molecule has 2 heterocycles. The van der Waals surface area contributed by atoms with Crippen LogP contribution in [0.25, 0.3) is 0 Å². The first kappa shape index (κ1) is 12.9. The zero-order valence-corrected chi connectivity index (χ0v) is 12.0. The monoisotopic (exact) mass is 264 g/mol. The summed E-state index contributed by atoms with van der Waals surface area (Å²) in [5.41, 5.74) is -0.0876. The van der Waals surface area contributed by atoms with Crippen LogP contribution in [0.4, 0.5) is 0 Å². The summed E-state index contributed by atoms with van der Waals surface area (Å²) >= 11 is 0. The van der Waals surface area contributed by atoms with Crippen molar-refractivity contribution in [3.8, 4) is 0 Å². The first-order valence-corrected chi connectivity index (χ1v) is 7.68. The predicted octanol–water partition coefficient (Wildman–Crippen LogP) is 1.93. The summed E-state index contributed by atoms with van der Waals surface area (Å²) < 4.78 is 0. The van der Waals surface area contributed by atoms with Crippen LogP contribution in [0.2, 0.25) is 0 Å². The second-order valence-corrected chi connectivity index (χ2v) is 6.63. The number of carbonyl (C=O) groups is 2.